The van der Waals surface area contributed by atoms with E-state index in [1.54, 1.807) is 11.1 Å². The second-order valence-electron chi connectivity index (χ2n) is 8.89. The minimum atomic E-state index is -0.292. The Labute approximate surface area is 173 Å². The van der Waals surface area contributed by atoms with Gasteiger partial charge in [-0.2, -0.15) is 0 Å². The van der Waals surface area contributed by atoms with E-state index in [1.807, 2.05) is 48.5 Å². The first-order valence-electron chi connectivity index (χ1n) is 10.1. The Morgan fingerprint density at radius 2 is 1.69 bits per heavy atom. The van der Waals surface area contributed by atoms with Crippen LogP contribution in [-0.2, 0) is 9.59 Å². The molecule has 1 N–H and O–H groups in total. The van der Waals surface area contributed by atoms with Gasteiger partial charge in [-0.25, -0.2) is 0 Å². The van der Waals surface area contributed by atoms with Crippen LogP contribution in [0.4, 0.5) is 0 Å². The van der Waals surface area contributed by atoms with Crippen LogP contribution >= 0.6 is 0 Å². The Hall–Kier alpha value is -2.88. The molecule has 4 nitrogen and oxygen atoms in total. The van der Waals surface area contributed by atoms with E-state index in [2.05, 4.69) is 38.2 Å². The zero-order chi connectivity index (χ0) is 21.0. The standard InChI is InChI=1S/C25H30N2O2/c1-18(28)27-15-14-19-10-8-9-13-21(19)23(27)16-24(29)26-22(17-25(2,3)4)20-11-6-5-7-12-20/h5-15,22-23H,16-17H2,1-4H3,(H,26,29). The van der Waals surface area contributed by atoms with Gasteiger partial charge >= 0.3 is 0 Å². The molecule has 0 aliphatic carbocycles. The van der Waals surface area contributed by atoms with Crippen molar-refractivity contribution in [3.05, 3.63) is 77.5 Å². The molecule has 0 saturated carbocycles. The molecular formula is C25H30N2O2. The van der Waals surface area contributed by atoms with Crippen LogP contribution in [-0.4, -0.2) is 16.7 Å². The summed E-state index contributed by atoms with van der Waals surface area (Å²) in [6.45, 7) is 8.06. The predicted molar refractivity (Wildman–Crippen MR) is 117 cm³/mol. The lowest BCUT2D eigenvalue weighted by molar-refractivity contribution is -0.130. The molecule has 1 aliphatic rings. The summed E-state index contributed by atoms with van der Waals surface area (Å²) in [7, 11) is 0. The third-order valence-corrected chi connectivity index (χ3v) is 5.20. The van der Waals surface area contributed by atoms with Crippen molar-refractivity contribution in [2.45, 2.75) is 52.6 Å². The summed E-state index contributed by atoms with van der Waals surface area (Å²) < 4.78 is 0. The third-order valence-electron chi connectivity index (χ3n) is 5.20. The molecule has 2 aromatic carbocycles. The number of fused-ring (bicyclic) bond motifs is 1. The van der Waals surface area contributed by atoms with Crippen LogP contribution in [0.5, 0.6) is 0 Å². The van der Waals surface area contributed by atoms with Crippen LogP contribution in [0.25, 0.3) is 6.08 Å². The second kappa shape index (κ2) is 8.64. The van der Waals surface area contributed by atoms with Crippen LogP contribution in [0.3, 0.4) is 0 Å². The summed E-state index contributed by atoms with van der Waals surface area (Å²) in [5, 5.41) is 3.23. The highest BCUT2D eigenvalue weighted by Gasteiger charge is 2.29. The monoisotopic (exact) mass is 390 g/mol. The largest absolute Gasteiger partial charge is 0.349 e. The van der Waals surface area contributed by atoms with Gasteiger partial charge in [-0.1, -0.05) is 75.4 Å². The van der Waals surface area contributed by atoms with E-state index in [-0.39, 0.29) is 35.7 Å². The fraction of sp³-hybridized carbons (Fsp3) is 0.360. The lowest BCUT2D eigenvalue weighted by Crippen LogP contribution is -2.37. The van der Waals surface area contributed by atoms with Gasteiger partial charge in [0.2, 0.25) is 11.8 Å². The number of carbonyl (C=O) groups is 2. The molecule has 2 amide bonds. The summed E-state index contributed by atoms with van der Waals surface area (Å²) in [6.07, 6.45) is 4.78. The van der Waals surface area contributed by atoms with Gasteiger partial charge in [0.15, 0.2) is 0 Å². The van der Waals surface area contributed by atoms with E-state index in [0.29, 0.717) is 0 Å². The number of benzene rings is 2. The predicted octanol–water partition coefficient (Wildman–Crippen LogP) is 5.24. The molecule has 2 unspecified atom stereocenters. The highest BCUT2D eigenvalue weighted by molar-refractivity contribution is 5.82. The third kappa shape index (κ3) is 5.35. The van der Waals surface area contributed by atoms with Crippen molar-refractivity contribution in [1.82, 2.24) is 10.2 Å². The fourth-order valence-corrected chi connectivity index (χ4v) is 3.89. The molecular weight excluding hydrogens is 360 g/mol. The number of amides is 2. The topological polar surface area (TPSA) is 49.4 Å². The van der Waals surface area contributed by atoms with Crippen molar-refractivity contribution in [3.63, 3.8) is 0 Å². The normalized spacial score (nSPS) is 16.8. The van der Waals surface area contributed by atoms with Gasteiger partial charge in [0.05, 0.1) is 18.5 Å². The zero-order valence-corrected chi connectivity index (χ0v) is 17.7. The maximum absolute atomic E-state index is 13.1. The lowest BCUT2D eigenvalue weighted by Gasteiger charge is -2.33. The molecule has 0 saturated heterocycles. The summed E-state index contributed by atoms with van der Waals surface area (Å²) in [5.74, 6) is -0.118. The molecule has 1 aliphatic heterocycles. The van der Waals surface area contributed by atoms with Crippen LogP contribution in [0.1, 0.15) is 69.3 Å². The molecule has 0 radical (unpaired) electrons. The van der Waals surface area contributed by atoms with E-state index in [4.69, 9.17) is 0 Å². The van der Waals surface area contributed by atoms with Crippen LogP contribution in [0.2, 0.25) is 0 Å². The number of nitrogens with zero attached hydrogens (tertiary/aromatic N) is 1. The zero-order valence-electron chi connectivity index (χ0n) is 17.7. The number of hydrogen-bond donors (Lipinski definition) is 1. The summed E-state index contributed by atoms with van der Waals surface area (Å²) in [5.41, 5.74) is 3.23. The maximum atomic E-state index is 13.1. The van der Waals surface area contributed by atoms with Crippen molar-refractivity contribution in [2.75, 3.05) is 0 Å². The molecule has 1 heterocycles. The lowest BCUT2D eigenvalue weighted by atomic mass is 9.85. The van der Waals surface area contributed by atoms with E-state index >= 15 is 0 Å². The van der Waals surface area contributed by atoms with Crippen molar-refractivity contribution < 1.29 is 9.59 Å². The van der Waals surface area contributed by atoms with Gasteiger partial charge in [-0.05, 0) is 34.6 Å². The average Bonchev–Trinajstić information content (AvgIpc) is 2.67. The molecule has 2 atom stereocenters. The first kappa shape index (κ1) is 20.8. The average molecular weight is 391 g/mol. The van der Waals surface area contributed by atoms with Gasteiger partial charge in [-0.15, -0.1) is 0 Å². The minimum absolute atomic E-state index is 0.0514. The number of nitrogens with one attached hydrogen (secondary N) is 1. The Morgan fingerprint density at radius 3 is 2.34 bits per heavy atom. The maximum Gasteiger partial charge on any atom is 0.223 e. The number of carbonyl (C=O) groups excluding carboxylic acids is 2. The number of hydrogen-bond acceptors (Lipinski definition) is 2. The first-order valence-corrected chi connectivity index (χ1v) is 10.1. The smallest absolute Gasteiger partial charge is 0.223 e. The van der Waals surface area contributed by atoms with Crippen LogP contribution in [0.15, 0.2) is 60.8 Å². The van der Waals surface area contributed by atoms with E-state index < -0.39 is 0 Å². The number of rotatable bonds is 5. The molecule has 0 spiro atoms. The summed E-state index contributed by atoms with van der Waals surface area (Å²) >= 11 is 0. The highest BCUT2D eigenvalue weighted by atomic mass is 16.2. The van der Waals surface area contributed by atoms with Crippen molar-refractivity contribution >= 4 is 17.9 Å². The molecule has 0 aromatic heterocycles. The van der Waals surface area contributed by atoms with E-state index in [0.717, 1.165) is 23.1 Å². The fourth-order valence-electron chi connectivity index (χ4n) is 3.89. The SMILES string of the molecule is CC(=O)N1C=Cc2ccccc2C1CC(=O)NC(CC(C)(C)C)c1ccccc1. The minimum Gasteiger partial charge on any atom is -0.349 e. The van der Waals surface area contributed by atoms with Gasteiger partial charge in [-0.3, -0.25) is 9.59 Å². The second-order valence-corrected chi connectivity index (χ2v) is 8.89. The quantitative estimate of drug-likeness (QED) is 0.758. The Bertz CT molecular complexity index is 897. The molecule has 29 heavy (non-hydrogen) atoms. The molecule has 152 valence electrons. The van der Waals surface area contributed by atoms with E-state index in [1.165, 1.54) is 6.92 Å². The molecule has 2 aromatic rings. The van der Waals surface area contributed by atoms with Crippen LogP contribution in [0, 0.1) is 5.41 Å². The Morgan fingerprint density at radius 1 is 1.03 bits per heavy atom. The molecule has 3 rings (SSSR count). The Balaban J connectivity index is 1.81. The van der Waals surface area contributed by atoms with Gasteiger partial charge in [0.1, 0.15) is 0 Å². The molecule has 0 bridgehead atoms. The Kier molecular flexibility index (Phi) is 6.21. The van der Waals surface area contributed by atoms with Crippen LogP contribution < -0.4 is 5.32 Å². The van der Waals surface area contributed by atoms with Crippen molar-refractivity contribution in [2.24, 2.45) is 5.41 Å². The van der Waals surface area contributed by atoms with Gasteiger partial charge in [0, 0.05) is 13.1 Å². The van der Waals surface area contributed by atoms with Gasteiger partial charge in [0.25, 0.3) is 0 Å². The van der Waals surface area contributed by atoms with Gasteiger partial charge < -0.3 is 10.2 Å². The molecule has 4 heteroatoms. The van der Waals surface area contributed by atoms with E-state index in [9.17, 15) is 9.59 Å². The highest BCUT2D eigenvalue weighted by Crippen LogP contribution is 2.34. The summed E-state index contributed by atoms with van der Waals surface area (Å²) in [4.78, 5) is 26.9. The van der Waals surface area contributed by atoms with Crippen molar-refractivity contribution in [3.8, 4) is 0 Å². The molecule has 0 fully saturated rings. The first-order chi connectivity index (χ1) is 13.7. The van der Waals surface area contributed by atoms with Crippen molar-refractivity contribution in [1.29, 1.82) is 0 Å². The summed E-state index contributed by atoms with van der Waals surface area (Å²) in [6, 6.07) is 17.7.